The van der Waals surface area contributed by atoms with Gasteiger partial charge in [0.25, 0.3) is 0 Å². The predicted octanol–water partition coefficient (Wildman–Crippen LogP) is 15.4. The van der Waals surface area contributed by atoms with E-state index in [1.807, 2.05) is 12.1 Å². The number of fused-ring (bicyclic) bond motifs is 9. The normalized spacial score (nSPS) is 13.4. The maximum Gasteiger partial charge on any atom is 0.158 e. The maximum atomic E-state index is 6.51. The predicted molar refractivity (Wildman–Crippen MR) is 245 cm³/mol. The Balaban J connectivity index is 1.13. The molecule has 280 valence electrons. The van der Waals surface area contributed by atoms with E-state index in [4.69, 9.17) is 4.42 Å². The minimum absolute atomic E-state index is 0.0418. The summed E-state index contributed by atoms with van der Waals surface area (Å²) in [5.74, 6) is 0. The van der Waals surface area contributed by atoms with Crippen LogP contribution in [0.2, 0.25) is 0 Å². The third kappa shape index (κ3) is 5.12. The summed E-state index contributed by atoms with van der Waals surface area (Å²) in [6.07, 6.45) is 0. The molecule has 0 amide bonds. The van der Waals surface area contributed by atoms with Crippen molar-refractivity contribution in [2.75, 3.05) is 5.32 Å². The Morgan fingerprint density at radius 3 is 1.86 bits per heavy atom. The highest BCUT2D eigenvalue weighted by atomic mass is 16.3. The molecule has 2 heterocycles. The molecular weight excluding hydrogens is 705 g/mol. The fourth-order valence-corrected chi connectivity index (χ4v) is 9.61. The highest BCUT2D eigenvalue weighted by molar-refractivity contribution is 6.11. The molecule has 58 heavy (non-hydrogen) atoms. The summed E-state index contributed by atoms with van der Waals surface area (Å²) in [5.41, 5.74) is 18.6. The van der Waals surface area contributed by atoms with Gasteiger partial charge in [0.05, 0.1) is 16.7 Å². The van der Waals surface area contributed by atoms with Gasteiger partial charge >= 0.3 is 0 Å². The fraction of sp³-hybridized carbons (Fsp3) is 0.127. The molecule has 0 saturated carbocycles. The average Bonchev–Trinajstić information content (AvgIpc) is 3.87. The Morgan fingerprint density at radius 2 is 1.12 bits per heavy atom. The second kappa shape index (κ2) is 12.6. The maximum absolute atomic E-state index is 6.51. The number of benzene rings is 8. The van der Waals surface area contributed by atoms with Gasteiger partial charge in [-0.05, 0) is 92.4 Å². The molecule has 11 rings (SSSR count). The summed E-state index contributed by atoms with van der Waals surface area (Å²) in [5, 5.41) is 8.64. The lowest BCUT2D eigenvalue weighted by Gasteiger charge is -2.25. The van der Waals surface area contributed by atoms with Gasteiger partial charge in [-0.3, -0.25) is 0 Å². The summed E-state index contributed by atoms with van der Waals surface area (Å²) >= 11 is 0. The minimum Gasteiger partial charge on any atom is -0.454 e. The lowest BCUT2D eigenvalue weighted by molar-refractivity contribution is 0.584. The van der Waals surface area contributed by atoms with Crippen LogP contribution in [0.1, 0.15) is 51.3 Å². The quantitative estimate of drug-likeness (QED) is 0.190. The van der Waals surface area contributed by atoms with Crippen molar-refractivity contribution in [1.82, 2.24) is 4.57 Å². The van der Waals surface area contributed by atoms with Crippen molar-refractivity contribution in [3.63, 3.8) is 0 Å². The molecule has 0 unspecified atom stereocenters. The summed E-state index contributed by atoms with van der Waals surface area (Å²) in [6, 6.07) is 62.0. The molecule has 0 fully saturated rings. The first-order valence-corrected chi connectivity index (χ1v) is 20.4. The van der Waals surface area contributed by atoms with Gasteiger partial charge in [-0.25, -0.2) is 0 Å². The van der Waals surface area contributed by atoms with Gasteiger partial charge in [0, 0.05) is 43.9 Å². The first-order valence-electron chi connectivity index (χ1n) is 20.4. The molecule has 0 bridgehead atoms. The highest BCUT2D eigenvalue weighted by Crippen LogP contribution is 2.56. The van der Waals surface area contributed by atoms with Crippen LogP contribution in [-0.4, -0.2) is 4.57 Å². The summed E-state index contributed by atoms with van der Waals surface area (Å²) in [7, 11) is 0. The third-order valence-corrected chi connectivity index (χ3v) is 12.6. The number of nitrogens with one attached hydrogen (secondary N) is 1. The Labute approximate surface area is 339 Å². The molecule has 1 N–H and O–H groups in total. The van der Waals surface area contributed by atoms with Crippen molar-refractivity contribution in [3.8, 4) is 39.1 Å². The highest BCUT2D eigenvalue weighted by Gasteiger charge is 2.39. The van der Waals surface area contributed by atoms with Crippen LogP contribution < -0.4 is 5.32 Å². The number of anilines is 2. The van der Waals surface area contributed by atoms with Crippen molar-refractivity contribution in [3.05, 3.63) is 187 Å². The van der Waals surface area contributed by atoms with Crippen molar-refractivity contribution in [2.24, 2.45) is 0 Å². The molecule has 1 aliphatic carbocycles. The number of para-hydroxylation sites is 5. The van der Waals surface area contributed by atoms with E-state index in [0.717, 1.165) is 44.6 Å². The summed E-state index contributed by atoms with van der Waals surface area (Å²) in [6.45, 7) is 11.7. The smallest absolute Gasteiger partial charge is 0.158 e. The molecule has 1 aliphatic rings. The molecule has 3 heteroatoms. The van der Waals surface area contributed by atoms with Crippen LogP contribution in [-0.2, 0) is 10.8 Å². The molecule has 0 spiro atoms. The first kappa shape index (κ1) is 34.4. The Hall–Kier alpha value is -6.84. The number of furan rings is 1. The zero-order chi connectivity index (χ0) is 39.3. The van der Waals surface area contributed by atoms with Gasteiger partial charge in [-0.2, -0.15) is 0 Å². The number of aromatic nitrogens is 1. The van der Waals surface area contributed by atoms with Crippen LogP contribution in [0.3, 0.4) is 0 Å². The van der Waals surface area contributed by atoms with E-state index in [9.17, 15) is 0 Å². The van der Waals surface area contributed by atoms with E-state index in [0.29, 0.717) is 0 Å². The standard InChI is InChI=1S/C55H44N2O/c1-54(2,3)35-27-30-42-45(33-35)55(4,5)44-32-31-37(34-25-28-36(29-26-34)57-48-22-11-7-15-38(48)39-16-8-12-23-49(39)57)51(52(42)44)43-18-6-10-20-46(43)56-47-21-14-19-41-40-17-9-13-24-50(40)58-53(41)47/h6-33,56H,1-5H3. The molecule has 2 aromatic heterocycles. The van der Waals surface area contributed by atoms with Crippen LogP contribution in [0.25, 0.3) is 82.8 Å². The van der Waals surface area contributed by atoms with E-state index < -0.39 is 0 Å². The molecule has 0 radical (unpaired) electrons. The Kier molecular flexibility index (Phi) is 7.46. The van der Waals surface area contributed by atoms with Gasteiger partial charge in [-0.15, -0.1) is 0 Å². The monoisotopic (exact) mass is 748 g/mol. The molecular formula is C55H44N2O. The first-order chi connectivity index (χ1) is 28.2. The van der Waals surface area contributed by atoms with E-state index >= 15 is 0 Å². The van der Waals surface area contributed by atoms with Crippen LogP contribution in [0.5, 0.6) is 0 Å². The van der Waals surface area contributed by atoms with Crippen molar-refractivity contribution in [1.29, 1.82) is 0 Å². The van der Waals surface area contributed by atoms with Gasteiger partial charge in [-0.1, -0.05) is 162 Å². The second-order valence-electron chi connectivity index (χ2n) is 17.4. The number of hydrogen-bond acceptors (Lipinski definition) is 2. The fourth-order valence-electron chi connectivity index (χ4n) is 9.61. The van der Waals surface area contributed by atoms with Crippen LogP contribution in [0.4, 0.5) is 11.4 Å². The molecule has 10 aromatic rings. The lowest BCUT2D eigenvalue weighted by atomic mass is 9.78. The van der Waals surface area contributed by atoms with Crippen molar-refractivity contribution >= 4 is 55.1 Å². The van der Waals surface area contributed by atoms with Gasteiger partial charge < -0.3 is 14.3 Å². The van der Waals surface area contributed by atoms with Crippen LogP contribution in [0.15, 0.2) is 174 Å². The average molecular weight is 749 g/mol. The topological polar surface area (TPSA) is 30.1 Å². The van der Waals surface area contributed by atoms with Crippen LogP contribution in [0, 0.1) is 0 Å². The van der Waals surface area contributed by atoms with Gasteiger partial charge in [0.2, 0.25) is 0 Å². The number of nitrogens with zero attached hydrogens (tertiary/aromatic N) is 1. The van der Waals surface area contributed by atoms with Crippen molar-refractivity contribution < 1.29 is 4.42 Å². The summed E-state index contributed by atoms with van der Waals surface area (Å²) < 4.78 is 8.90. The van der Waals surface area contributed by atoms with E-state index in [1.165, 1.54) is 66.3 Å². The molecule has 0 saturated heterocycles. The molecule has 0 atom stereocenters. The Morgan fingerprint density at radius 1 is 0.500 bits per heavy atom. The largest absolute Gasteiger partial charge is 0.454 e. The van der Waals surface area contributed by atoms with E-state index in [2.05, 4.69) is 202 Å². The van der Waals surface area contributed by atoms with Crippen LogP contribution >= 0.6 is 0 Å². The third-order valence-electron chi connectivity index (χ3n) is 12.6. The van der Waals surface area contributed by atoms with Gasteiger partial charge in [0.1, 0.15) is 5.58 Å². The zero-order valence-corrected chi connectivity index (χ0v) is 33.5. The molecule has 0 aliphatic heterocycles. The summed E-state index contributed by atoms with van der Waals surface area (Å²) in [4.78, 5) is 0. The number of rotatable bonds is 5. The SMILES string of the molecule is CC(C)(C)c1ccc2c(c1)C(C)(C)c1ccc(-c3ccc(-n4c5ccccc5c5ccccc54)cc3)c(-c3ccccc3Nc3cccc4c3oc3ccccc34)c1-2. The van der Waals surface area contributed by atoms with E-state index in [-0.39, 0.29) is 10.8 Å². The zero-order valence-electron chi connectivity index (χ0n) is 33.5. The minimum atomic E-state index is -0.179. The van der Waals surface area contributed by atoms with Crippen molar-refractivity contribution in [2.45, 2.75) is 45.4 Å². The molecule has 3 nitrogen and oxygen atoms in total. The second-order valence-corrected chi connectivity index (χ2v) is 17.4. The number of hydrogen-bond donors (Lipinski definition) is 1. The van der Waals surface area contributed by atoms with Gasteiger partial charge in [0.15, 0.2) is 5.58 Å². The Bertz CT molecular complexity index is 3210. The lowest BCUT2D eigenvalue weighted by Crippen LogP contribution is -2.17. The van der Waals surface area contributed by atoms with E-state index in [1.54, 1.807) is 0 Å². The molecule has 8 aromatic carbocycles.